The Bertz CT molecular complexity index is 1350. The fourth-order valence-electron chi connectivity index (χ4n) is 6.54. The van der Waals surface area contributed by atoms with Gasteiger partial charge in [-0.15, -0.1) is 0 Å². The zero-order valence-corrected chi connectivity index (χ0v) is 21.5. The Balaban J connectivity index is 1.67. The third-order valence-electron chi connectivity index (χ3n) is 8.48. The summed E-state index contributed by atoms with van der Waals surface area (Å²) in [5, 5.41) is 44.4. The Morgan fingerprint density at radius 3 is 2.34 bits per heavy atom. The molecule has 10 nitrogen and oxygen atoms in total. The molecule has 1 saturated heterocycles. The van der Waals surface area contributed by atoms with Crippen LogP contribution in [0.25, 0.3) is 0 Å². The van der Waals surface area contributed by atoms with Crippen LogP contribution in [0.1, 0.15) is 58.9 Å². The van der Waals surface area contributed by atoms with Crippen LogP contribution in [-0.2, 0) is 20.7 Å². The van der Waals surface area contributed by atoms with Crippen molar-refractivity contribution in [2.45, 2.75) is 44.6 Å². The molecule has 1 aliphatic heterocycles. The van der Waals surface area contributed by atoms with Gasteiger partial charge in [0.15, 0.2) is 23.0 Å². The minimum atomic E-state index is -2.55. The van der Waals surface area contributed by atoms with Gasteiger partial charge in [0.2, 0.25) is 5.78 Å². The maximum absolute atomic E-state index is 13.9. The van der Waals surface area contributed by atoms with Crippen molar-refractivity contribution in [1.29, 1.82) is 0 Å². The number of ether oxygens (including phenoxy) is 1. The van der Waals surface area contributed by atoms with Crippen molar-refractivity contribution < 1.29 is 44.3 Å². The quantitative estimate of drug-likeness (QED) is 0.339. The molecule has 1 heterocycles. The smallest absolute Gasteiger partial charge is 0.209 e. The summed E-state index contributed by atoms with van der Waals surface area (Å²) in [6.07, 6.45) is 1.04. The van der Waals surface area contributed by atoms with E-state index >= 15 is 0 Å². The first-order valence-electron chi connectivity index (χ1n) is 12.8. The summed E-state index contributed by atoms with van der Waals surface area (Å²) in [5.41, 5.74) is -2.44. The lowest BCUT2D eigenvalue weighted by Crippen LogP contribution is -2.56. The van der Waals surface area contributed by atoms with E-state index in [1.807, 2.05) is 0 Å². The first-order valence-corrected chi connectivity index (χ1v) is 12.8. The molecule has 3 atom stereocenters. The van der Waals surface area contributed by atoms with Gasteiger partial charge in [-0.05, 0) is 50.2 Å². The van der Waals surface area contributed by atoms with Crippen molar-refractivity contribution in [2.75, 3.05) is 32.2 Å². The second kappa shape index (κ2) is 9.06. The van der Waals surface area contributed by atoms with Crippen LogP contribution >= 0.6 is 0 Å². The number of hydrogen-bond donors (Lipinski definition) is 4. The molecule has 4 N–H and O–H groups in total. The number of phenolic OH excluding ortho intramolecular Hbond substituents is 1. The number of rotatable bonds is 4. The Morgan fingerprint density at radius 2 is 1.74 bits per heavy atom. The molecular formula is C28H31NO9. The van der Waals surface area contributed by atoms with Gasteiger partial charge in [-0.25, -0.2) is 0 Å². The van der Waals surface area contributed by atoms with Crippen LogP contribution < -0.4 is 4.90 Å². The highest BCUT2D eigenvalue weighted by Gasteiger charge is 2.59. The average molecular weight is 526 g/mol. The minimum absolute atomic E-state index is 0.000832. The zero-order valence-electron chi connectivity index (χ0n) is 21.5. The summed E-state index contributed by atoms with van der Waals surface area (Å²) in [6.45, 7) is 1.91. The molecule has 1 aromatic carbocycles. The van der Waals surface area contributed by atoms with E-state index in [2.05, 4.69) is 0 Å². The summed E-state index contributed by atoms with van der Waals surface area (Å²) in [5.74, 6) is -6.73. The molecule has 0 bridgehead atoms. The molecule has 2 unspecified atom stereocenters. The van der Waals surface area contributed by atoms with Gasteiger partial charge in [-0.2, -0.15) is 0 Å². The van der Waals surface area contributed by atoms with E-state index in [0.717, 1.165) is 6.92 Å². The van der Waals surface area contributed by atoms with Crippen LogP contribution in [0.2, 0.25) is 0 Å². The molecule has 1 fully saturated rings. The third-order valence-corrected chi connectivity index (χ3v) is 8.48. The number of phenols is 1. The van der Waals surface area contributed by atoms with E-state index < -0.39 is 57.6 Å². The van der Waals surface area contributed by atoms with E-state index in [4.69, 9.17) is 4.74 Å². The zero-order chi connectivity index (χ0) is 27.7. The Morgan fingerprint density at radius 1 is 1.08 bits per heavy atom. The summed E-state index contributed by atoms with van der Waals surface area (Å²) in [6, 6.07) is 1.59. The molecule has 0 saturated carbocycles. The van der Waals surface area contributed by atoms with Gasteiger partial charge in [0.1, 0.15) is 22.8 Å². The highest BCUT2D eigenvalue weighted by Crippen LogP contribution is 2.53. The second-order valence-corrected chi connectivity index (χ2v) is 10.9. The largest absolute Gasteiger partial charge is 0.511 e. The molecule has 0 amide bonds. The lowest BCUT2D eigenvalue weighted by molar-refractivity contribution is -0.144. The Labute approximate surface area is 219 Å². The van der Waals surface area contributed by atoms with E-state index in [1.54, 1.807) is 25.1 Å². The number of benzene rings is 1. The molecule has 202 valence electrons. The van der Waals surface area contributed by atoms with Crippen LogP contribution in [0, 0.1) is 17.8 Å². The van der Waals surface area contributed by atoms with Gasteiger partial charge < -0.3 is 30.1 Å². The number of allylic oxidation sites excluding steroid dienone is 2. The fraction of sp³-hybridized carbons (Fsp3) is 0.500. The van der Waals surface area contributed by atoms with Crippen molar-refractivity contribution in [3.05, 3.63) is 45.4 Å². The lowest BCUT2D eigenvalue weighted by atomic mass is 9.60. The van der Waals surface area contributed by atoms with Crippen LogP contribution in [0.5, 0.6) is 5.75 Å². The summed E-state index contributed by atoms with van der Waals surface area (Å²) in [7, 11) is 3.52. The second-order valence-electron chi connectivity index (χ2n) is 10.9. The van der Waals surface area contributed by atoms with E-state index in [1.165, 1.54) is 0 Å². The first kappa shape index (κ1) is 26.1. The van der Waals surface area contributed by atoms with Gasteiger partial charge in [0.05, 0.1) is 11.1 Å². The number of fused-ring (bicyclic) bond motifs is 3. The van der Waals surface area contributed by atoms with E-state index in [9.17, 15) is 39.6 Å². The van der Waals surface area contributed by atoms with Crippen LogP contribution in [-0.4, -0.2) is 76.5 Å². The van der Waals surface area contributed by atoms with Crippen LogP contribution in [0.15, 0.2) is 28.7 Å². The summed E-state index contributed by atoms with van der Waals surface area (Å²) < 4.78 is 5.34. The van der Waals surface area contributed by atoms with Crippen molar-refractivity contribution in [3.8, 4) is 5.75 Å². The van der Waals surface area contributed by atoms with Gasteiger partial charge in [-0.1, -0.05) is 0 Å². The number of ketones is 4. The van der Waals surface area contributed by atoms with Crippen LogP contribution in [0.4, 0.5) is 5.69 Å². The monoisotopic (exact) mass is 525 g/mol. The molecule has 10 heteroatoms. The number of nitrogens with zero attached hydrogens (tertiary/aromatic N) is 1. The standard InChI is InChI=1S/C28H31NO9/c1-12(30)20-19(31)10-15-8-14-9-16-18(29(2)3)11-17(23(32)13-4-6-38-7-5-13)24(33)22(16)25(34)21(14)27(36)28(15,37)26(20)35/h11,13-15,31,33,36-37H,4-10H2,1-3H3/t14?,15?,28-/m1/s1. The third kappa shape index (κ3) is 3.61. The maximum Gasteiger partial charge on any atom is 0.209 e. The Kier molecular flexibility index (Phi) is 6.23. The molecular weight excluding hydrogens is 494 g/mol. The number of carbonyl (C=O) groups excluding carboxylic acids is 4. The number of carbonyl (C=O) groups is 4. The SMILES string of the molecule is CC(=O)C1=C(O)CC2CC3Cc4c(N(C)C)cc(C(=O)C5CCOCC5)c(O)c4C(=O)C3=C(O)[C@]2(O)C1=O. The summed E-state index contributed by atoms with van der Waals surface area (Å²) >= 11 is 0. The molecule has 3 aliphatic carbocycles. The Hall–Kier alpha value is -3.50. The van der Waals surface area contributed by atoms with Gasteiger partial charge in [0.25, 0.3) is 0 Å². The lowest BCUT2D eigenvalue weighted by Gasteiger charge is -2.46. The summed E-state index contributed by atoms with van der Waals surface area (Å²) in [4.78, 5) is 54.3. The van der Waals surface area contributed by atoms with Gasteiger partial charge in [-0.3, -0.25) is 19.2 Å². The molecule has 0 aromatic heterocycles. The highest BCUT2D eigenvalue weighted by atomic mass is 16.5. The molecule has 4 aliphatic rings. The van der Waals surface area contributed by atoms with Crippen molar-refractivity contribution in [3.63, 3.8) is 0 Å². The van der Waals surface area contributed by atoms with Gasteiger partial charge >= 0.3 is 0 Å². The predicted molar refractivity (Wildman–Crippen MR) is 135 cm³/mol. The van der Waals surface area contributed by atoms with Crippen molar-refractivity contribution in [2.24, 2.45) is 17.8 Å². The van der Waals surface area contributed by atoms with Crippen LogP contribution in [0.3, 0.4) is 0 Å². The normalized spacial score (nSPS) is 27.6. The number of aliphatic hydroxyl groups is 3. The van der Waals surface area contributed by atoms with Gasteiger partial charge in [0, 0.05) is 56.8 Å². The molecule has 0 spiro atoms. The van der Waals surface area contributed by atoms with E-state index in [0.29, 0.717) is 37.3 Å². The number of aromatic hydroxyl groups is 1. The number of Topliss-reactive ketones (excluding diaryl/α,β-unsaturated/α-hetero) is 4. The molecule has 1 aromatic rings. The molecule has 38 heavy (non-hydrogen) atoms. The maximum atomic E-state index is 13.9. The predicted octanol–water partition coefficient (Wildman–Crippen LogP) is 2.36. The highest BCUT2D eigenvalue weighted by molar-refractivity contribution is 6.25. The van der Waals surface area contributed by atoms with E-state index in [-0.39, 0.29) is 47.7 Å². The molecule has 0 radical (unpaired) electrons. The first-order chi connectivity index (χ1) is 17.9. The molecule has 5 rings (SSSR count). The number of anilines is 1. The van der Waals surface area contributed by atoms with Crippen molar-refractivity contribution in [1.82, 2.24) is 0 Å². The number of hydrogen-bond acceptors (Lipinski definition) is 10. The number of aliphatic hydroxyl groups excluding tert-OH is 2. The minimum Gasteiger partial charge on any atom is -0.511 e. The fourth-order valence-corrected chi connectivity index (χ4v) is 6.54. The average Bonchev–Trinajstić information content (AvgIpc) is 2.86. The topological polar surface area (TPSA) is 162 Å². The van der Waals surface area contributed by atoms with Crippen molar-refractivity contribution >= 4 is 28.8 Å².